The lowest BCUT2D eigenvalue weighted by atomic mass is 9.91. The van der Waals surface area contributed by atoms with Gasteiger partial charge in [0.25, 0.3) is 0 Å². The number of nitrogens with one attached hydrogen (secondary N) is 1. The Morgan fingerprint density at radius 2 is 1.86 bits per heavy atom. The first-order chi connectivity index (χ1) is 20.0. The zero-order valence-corrected chi connectivity index (χ0v) is 25.7. The number of nitrogens with zero attached hydrogens (tertiary/aromatic N) is 6. The van der Waals surface area contributed by atoms with Crippen molar-refractivity contribution in [1.82, 2.24) is 19.9 Å². The average Bonchev–Trinajstić information content (AvgIpc) is 3.22. The van der Waals surface area contributed by atoms with E-state index in [0.29, 0.717) is 35.4 Å². The van der Waals surface area contributed by atoms with Crippen molar-refractivity contribution in [3.05, 3.63) is 47.4 Å². The highest BCUT2D eigenvalue weighted by molar-refractivity contribution is 5.96. The molecule has 11 heteroatoms. The van der Waals surface area contributed by atoms with Crippen molar-refractivity contribution >= 4 is 40.5 Å². The molecule has 1 saturated heterocycles. The number of hydrogen-bond donors (Lipinski definition) is 2. The number of aromatic nitrogens is 3. The second kappa shape index (κ2) is 11.6. The van der Waals surface area contributed by atoms with Crippen LogP contribution >= 0.6 is 0 Å². The number of aryl methyl sites for hydroxylation is 1. The van der Waals surface area contributed by atoms with Gasteiger partial charge in [-0.05, 0) is 45.5 Å². The summed E-state index contributed by atoms with van der Waals surface area (Å²) in [5.41, 5.74) is 11.6. The Hall–Kier alpha value is -4.12. The number of rotatable bonds is 8. The van der Waals surface area contributed by atoms with Crippen LogP contribution in [0.25, 0.3) is 0 Å². The van der Waals surface area contributed by atoms with Gasteiger partial charge in [-0.2, -0.15) is 4.98 Å². The molecule has 42 heavy (non-hydrogen) atoms. The lowest BCUT2D eigenvalue weighted by Crippen LogP contribution is -2.46. The van der Waals surface area contributed by atoms with E-state index in [9.17, 15) is 4.79 Å². The first-order valence-corrected chi connectivity index (χ1v) is 14.6. The summed E-state index contributed by atoms with van der Waals surface area (Å²) in [7, 11) is 1.63. The number of piperazine rings is 1. The highest BCUT2D eigenvalue weighted by atomic mass is 16.5. The minimum atomic E-state index is -0.479. The predicted molar refractivity (Wildman–Crippen MR) is 167 cm³/mol. The number of pyridine rings is 1. The van der Waals surface area contributed by atoms with E-state index in [1.807, 2.05) is 49.9 Å². The highest BCUT2D eigenvalue weighted by Crippen LogP contribution is 2.44. The average molecular weight is 575 g/mol. The van der Waals surface area contributed by atoms with E-state index in [-0.39, 0.29) is 17.1 Å². The van der Waals surface area contributed by atoms with Crippen LogP contribution < -0.4 is 25.6 Å². The van der Waals surface area contributed by atoms with E-state index in [0.717, 1.165) is 55.5 Å². The van der Waals surface area contributed by atoms with Crippen molar-refractivity contribution in [2.24, 2.45) is 0 Å². The molecule has 0 amide bonds. The van der Waals surface area contributed by atoms with Crippen LogP contribution in [-0.2, 0) is 10.2 Å². The normalized spacial score (nSPS) is 16.5. The fourth-order valence-corrected chi connectivity index (χ4v) is 5.62. The Balaban J connectivity index is 1.51. The summed E-state index contributed by atoms with van der Waals surface area (Å²) in [6.07, 6.45) is 1.23. The molecule has 2 aliphatic heterocycles. The number of carbonyl (C=O) groups is 1. The Morgan fingerprint density at radius 1 is 1.12 bits per heavy atom. The van der Waals surface area contributed by atoms with Crippen molar-refractivity contribution < 1.29 is 14.3 Å². The van der Waals surface area contributed by atoms with Crippen LogP contribution in [0.5, 0.6) is 5.75 Å². The third kappa shape index (κ3) is 5.78. The van der Waals surface area contributed by atoms with E-state index < -0.39 is 5.97 Å². The van der Waals surface area contributed by atoms with E-state index in [1.54, 1.807) is 7.11 Å². The second-order valence-electron chi connectivity index (χ2n) is 11.8. The van der Waals surface area contributed by atoms with Crippen LogP contribution in [-0.4, -0.2) is 78.3 Å². The molecule has 0 radical (unpaired) electrons. The van der Waals surface area contributed by atoms with Crippen molar-refractivity contribution in [3.63, 3.8) is 0 Å². The van der Waals surface area contributed by atoms with Gasteiger partial charge >= 0.3 is 5.97 Å². The maximum Gasteiger partial charge on any atom is 0.343 e. The number of anilines is 6. The standard InChI is InChI=1S/C31H42N8O3/c1-8-37-11-13-38(14-12-37)25-16-26(41-7)23(15-22(25)32)35-30-33-17-21(29(40)42-19(2)3)28(36-30)39-18-31(5,6)27-24(39)10-9-20(4)34-27/h9-10,15-17,19H,8,11-14,18,32H2,1-7H3,(H,33,35,36). The van der Waals surface area contributed by atoms with E-state index in [1.165, 1.54) is 6.20 Å². The molecule has 224 valence electrons. The molecule has 0 aliphatic carbocycles. The molecule has 1 fully saturated rings. The van der Waals surface area contributed by atoms with E-state index in [4.69, 9.17) is 25.2 Å². The van der Waals surface area contributed by atoms with Crippen LogP contribution in [0.3, 0.4) is 0 Å². The lowest BCUT2D eigenvalue weighted by molar-refractivity contribution is 0.0378. The molecule has 0 unspecified atom stereocenters. The highest BCUT2D eigenvalue weighted by Gasteiger charge is 2.39. The third-order valence-corrected chi connectivity index (χ3v) is 7.84. The van der Waals surface area contributed by atoms with Gasteiger partial charge in [0.15, 0.2) is 5.82 Å². The van der Waals surface area contributed by atoms with Gasteiger partial charge in [-0.25, -0.2) is 9.78 Å². The van der Waals surface area contributed by atoms with Gasteiger partial charge in [-0.3, -0.25) is 4.98 Å². The molecule has 4 heterocycles. The number of hydrogen-bond acceptors (Lipinski definition) is 11. The summed E-state index contributed by atoms with van der Waals surface area (Å²) in [5.74, 6) is 0.900. The SMILES string of the molecule is CCN1CCN(c2cc(OC)c(Nc3ncc(C(=O)OC(C)C)c(N4CC(C)(C)c5nc(C)ccc54)n3)cc2N)CC1. The molecule has 11 nitrogen and oxygen atoms in total. The summed E-state index contributed by atoms with van der Waals surface area (Å²) in [5, 5.41) is 3.29. The van der Waals surface area contributed by atoms with Crippen LogP contribution in [0.15, 0.2) is 30.5 Å². The molecule has 0 bridgehead atoms. The molecule has 2 aliphatic rings. The summed E-state index contributed by atoms with van der Waals surface area (Å²) in [4.78, 5) is 34.1. The molecule has 1 aromatic carbocycles. The van der Waals surface area contributed by atoms with Crippen LogP contribution in [0.1, 0.15) is 56.4 Å². The quantitative estimate of drug-likeness (QED) is 0.289. The molecule has 3 aromatic rings. The number of nitrogen functional groups attached to an aromatic ring is 1. The van der Waals surface area contributed by atoms with Crippen LogP contribution in [0.2, 0.25) is 0 Å². The number of methoxy groups -OCH3 is 1. The number of carbonyl (C=O) groups excluding carboxylic acids is 1. The Morgan fingerprint density at radius 3 is 2.52 bits per heavy atom. The minimum absolute atomic E-state index is 0.255. The van der Waals surface area contributed by atoms with Gasteiger partial charge in [0, 0.05) is 56.1 Å². The summed E-state index contributed by atoms with van der Waals surface area (Å²) >= 11 is 0. The monoisotopic (exact) mass is 574 g/mol. The lowest BCUT2D eigenvalue weighted by Gasteiger charge is -2.36. The van der Waals surface area contributed by atoms with E-state index in [2.05, 4.69) is 40.9 Å². The molecule has 3 N–H and O–H groups in total. The number of fused-ring (bicyclic) bond motifs is 1. The first-order valence-electron chi connectivity index (χ1n) is 14.6. The molecule has 5 rings (SSSR count). The summed E-state index contributed by atoms with van der Waals surface area (Å²) in [6, 6.07) is 7.81. The molecule has 2 aromatic heterocycles. The topological polar surface area (TPSA) is 122 Å². The third-order valence-electron chi connectivity index (χ3n) is 7.84. The number of benzene rings is 1. The van der Waals surface area contributed by atoms with Crippen molar-refractivity contribution in [2.75, 3.05) is 67.2 Å². The minimum Gasteiger partial charge on any atom is -0.494 e. The zero-order chi connectivity index (χ0) is 30.2. The Bertz CT molecular complexity index is 1470. The molecular weight excluding hydrogens is 532 g/mol. The van der Waals surface area contributed by atoms with Crippen molar-refractivity contribution in [3.8, 4) is 5.75 Å². The summed E-state index contributed by atoms with van der Waals surface area (Å²) < 4.78 is 11.3. The fourth-order valence-electron chi connectivity index (χ4n) is 5.62. The fraction of sp³-hybridized carbons (Fsp3) is 0.484. The van der Waals surface area contributed by atoms with Gasteiger partial charge in [0.2, 0.25) is 5.95 Å². The number of esters is 1. The maximum absolute atomic E-state index is 13.2. The zero-order valence-electron chi connectivity index (χ0n) is 25.7. The Kier molecular flexibility index (Phi) is 8.14. The van der Waals surface area contributed by atoms with Gasteiger partial charge < -0.3 is 35.2 Å². The second-order valence-corrected chi connectivity index (χ2v) is 11.8. The molecule has 0 saturated carbocycles. The predicted octanol–water partition coefficient (Wildman–Crippen LogP) is 4.65. The Labute approximate surface area is 248 Å². The van der Waals surface area contributed by atoms with Crippen LogP contribution in [0, 0.1) is 6.92 Å². The van der Waals surface area contributed by atoms with Crippen molar-refractivity contribution in [2.45, 2.75) is 53.1 Å². The number of nitrogens with two attached hydrogens (primary N) is 1. The molecular formula is C31H42N8O3. The largest absolute Gasteiger partial charge is 0.494 e. The molecule has 0 spiro atoms. The van der Waals surface area contributed by atoms with Gasteiger partial charge in [0.1, 0.15) is 11.3 Å². The van der Waals surface area contributed by atoms with E-state index >= 15 is 0 Å². The first kappa shape index (κ1) is 29.4. The smallest absolute Gasteiger partial charge is 0.343 e. The molecule has 0 atom stereocenters. The maximum atomic E-state index is 13.2. The van der Waals surface area contributed by atoms with Crippen molar-refractivity contribution in [1.29, 1.82) is 0 Å². The van der Waals surface area contributed by atoms with Crippen LogP contribution in [0.4, 0.5) is 34.5 Å². The van der Waals surface area contributed by atoms with Gasteiger partial charge in [0.05, 0.1) is 41.7 Å². The van der Waals surface area contributed by atoms with Gasteiger partial charge in [-0.15, -0.1) is 0 Å². The summed E-state index contributed by atoms with van der Waals surface area (Å²) in [6.45, 7) is 17.5. The number of likely N-dealkylation sites (N-methyl/N-ethyl adjacent to an activating group) is 1. The number of ether oxygens (including phenoxy) is 2. The van der Waals surface area contributed by atoms with Gasteiger partial charge in [-0.1, -0.05) is 20.8 Å².